The van der Waals surface area contributed by atoms with Crippen molar-refractivity contribution in [2.24, 2.45) is 0 Å². The Balaban J connectivity index is 1.47. The fourth-order valence-electron chi connectivity index (χ4n) is 2.37. The Labute approximate surface area is 172 Å². The first kappa shape index (κ1) is 20.6. The number of carbonyl (C=O) groups is 2. The SMILES string of the molecule is CCCCOC(=O)c1ccc(NC(=O)CSc2nnc(-c3ccccc3)o2)cc1. The van der Waals surface area contributed by atoms with Gasteiger partial charge in [-0.25, -0.2) is 4.79 Å². The van der Waals surface area contributed by atoms with Crippen LogP contribution in [-0.2, 0) is 9.53 Å². The third kappa shape index (κ3) is 6.18. The van der Waals surface area contributed by atoms with Gasteiger partial charge in [0.05, 0.1) is 17.9 Å². The average Bonchev–Trinajstić information content (AvgIpc) is 3.23. The Bertz CT molecular complexity index is 942. The number of nitrogens with zero attached hydrogens (tertiary/aromatic N) is 2. The van der Waals surface area contributed by atoms with E-state index < -0.39 is 0 Å². The first-order valence-corrected chi connectivity index (χ1v) is 10.2. The van der Waals surface area contributed by atoms with Crippen LogP contribution in [0.3, 0.4) is 0 Å². The molecule has 7 nitrogen and oxygen atoms in total. The summed E-state index contributed by atoms with van der Waals surface area (Å²) in [4.78, 5) is 24.0. The molecule has 0 bridgehead atoms. The van der Waals surface area contributed by atoms with Gasteiger partial charge in [0, 0.05) is 11.3 Å². The van der Waals surface area contributed by atoms with Crippen LogP contribution in [-0.4, -0.2) is 34.4 Å². The molecule has 1 N–H and O–H groups in total. The standard InChI is InChI=1S/C21H21N3O4S/c1-2-3-13-27-20(26)16-9-11-17(12-10-16)22-18(25)14-29-21-24-23-19(28-21)15-7-5-4-6-8-15/h4-12H,2-3,13-14H2,1H3,(H,22,25). The number of thioether (sulfide) groups is 1. The molecular formula is C21H21N3O4S. The molecule has 0 unspecified atom stereocenters. The molecule has 8 heteroatoms. The number of ether oxygens (including phenoxy) is 1. The van der Waals surface area contributed by atoms with Gasteiger partial charge in [-0.05, 0) is 42.8 Å². The summed E-state index contributed by atoms with van der Waals surface area (Å²) in [6, 6.07) is 16.0. The normalized spacial score (nSPS) is 10.5. The van der Waals surface area contributed by atoms with Crippen LogP contribution in [0.15, 0.2) is 64.2 Å². The van der Waals surface area contributed by atoms with E-state index in [-0.39, 0.29) is 17.6 Å². The minimum absolute atomic E-state index is 0.122. The van der Waals surface area contributed by atoms with Crippen molar-refractivity contribution in [2.75, 3.05) is 17.7 Å². The smallest absolute Gasteiger partial charge is 0.338 e. The maximum atomic E-state index is 12.1. The molecule has 0 spiro atoms. The lowest BCUT2D eigenvalue weighted by molar-refractivity contribution is -0.113. The number of carbonyl (C=O) groups excluding carboxylic acids is 2. The Morgan fingerprint density at radius 1 is 1.07 bits per heavy atom. The van der Waals surface area contributed by atoms with Crippen LogP contribution in [0.1, 0.15) is 30.1 Å². The predicted octanol–water partition coefficient (Wildman–Crippen LogP) is 4.42. The Hall–Kier alpha value is -3.13. The fourth-order valence-corrected chi connectivity index (χ4v) is 2.94. The summed E-state index contributed by atoms with van der Waals surface area (Å²) in [5.74, 6) is -0.0443. The second-order valence-corrected chi connectivity index (χ2v) is 7.07. The van der Waals surface area contributed by atoms with Gasteiger partial charge >= 0.3 is 5.97 Å². The van der Waals surface area contributed by atoms with Gasteiger partial charge in [-0.3, -0.25) is 4.79 Å². The quantitative estimate of drug-likeness (QED) is 0.316. The summed E-state index contributed by atoms with van der Waals surface area (Å²) >= 11 is 1.16. The van der Waals surface area contributed by atoms with Crippen molar-refractivity contribution in [1.82, 2.24) is 10.2 Å². The van der Waals surface area contributed by atoms with Crippen LogP contribution in [0, 0.1) is 0 Å². The third-order valence-electron chi connectivity index (χ3n) is 3.89. The molecule has 0 radical (unpaired) electrons. The van der Waals surface area contributed by atoms with Crippen LogP contribution in [0.4, 0.5) is 5.69 Å². The molecule has 1 aromatic heterocycles. The number of rotatable bonds is 9. The van der Waals surface area contributed by atoms with Gasteiger partial charge in [0.15, 0.2) is 0 Å². The number of amides is 1. The summed E-state index contributed by atoms with van der Waals surface area (Å²) in [7, 11) is 0. The van der Waals surface area contributed by atoms with Crippen molar-refractivity contribution in [3.05, 3.63) is 60.2 Å². The molecule has 2 aromatic carbocycles. The summed E-state index contributed by atoms with van der Waals surface area (Å²) in [6.07, 6.45) is 1.80. The van der Waals surface area contributed by atoms with E-state index >= 15 is 0 Å². The number of hydrogen-bond donors (Lipinski definition) is 1. The van der Waals surface area contributed by atoms with Crippen molar-refractivity contribution >= 4 is 29.3 Å². The molecule has 0 aliphatic carbocycles. The van der Waals surface area contributed by atoms with E-state index in [4.69, 9.17) is 9.15 Å². The van der Waals surface area contributed by atoms with Gasteiger partial charge in [-0.2, -0.15) is 0 Å². The van der Waals surface area contributed by atoms with Crippen molar-refractivity contribution < 1.29 is 18.7 Å². The van der Waals surface area contributed by atoms with Gasteiger partial charge in [-0.1, -0.05) is 43.3 Å². The zero-order valence-corrected chi connectivity index (χ0v) is 16.8. The largest absolute Gasteiger partial charge is 0.462 e. The highest BCUT2D eigenvalue weighted by atomic mass is 32.2. The maximum absolute atomic E-state index is 12.1. The average molecular weight is 411 g/mol. The highest BCUT2D eigenvalue weighted by molar-refractivity contribution is 7.99. The van der Waals surface area contributed by atoms with E-state index in [1.54, 1.807) is 24.3 Å². The first-order valence-electron chi connectivity index (χ1n) is 9.24. The number of aromatic nitrogens is 2. The Kier molecular flexibility index (Phi) is 7.40. The molecule has 1 amide bonds. The van der Waals surface area contributed by atoms with Gasteiger partial charge in [0.2, 0.25) is 11.8 Å². The minimum Gasteiger partial charge on any atom is -0.462 e. The zero-order valence-electron chi connectivity index (χ0n) is 16.0. The van der Waals surface area contributed by atoms with Crippen molar-refractivity contribution in [3.63, 3.8) is 0 Å². The first-order chi connectivity index (χ1) is 14.2. The van der Waals surface area contributed by atoms with Crippen molar-refractivity contribution in [3.8, 4) is 11.5 Å². The summed E-state index contributed by atoms with van der Waals surface area (Å²) < 4.78 is 10.7. The molecule has 0 saturated carbocycles. The zero-order chi connectivity index (χ0) is 20.5. The lowest BCUT2D eigenvalue weighted by atomic mass is 10.2. The van der Waals surface area contributed by atoms with Crippen LogP contribution in [0.2, 0.25) is 0 Å². The van der Waals surface area contributed by atoms with Crippen molar-refractivity contribution in [1.29, 1.82) is 0 Å². The van der Waals surface area contributed by atoms with Crippen LogP contribution < -0.4 is 5.32 Å². The molecule has 150 valence electrons. The molecule has 0 saturated heterocycles. The number of anilines is 1. The van der Waals surface area contributed by atoms with Gasteiger partial charge < -0.3 is 14.5 Å². The van der Waals surface area contributed by atoms with Crippen molar-refractivity contribution in [2.45, 2.75) is 25.0 Å². The monoisotopic (exact) mass is 411 g/mol. The molecule has 0 fully saturated rings. The Morgan fingerprint density at radius 2 is 1.83 bits per heavy atom. The maximum Gasteiger partial charge on any atom is 0.338 e. The van der Waals surface area contributed by atoms with Gasteiger partial charge in [0.1, 0.15) is 0 Å². The summed E-state index contributed by atoms with van der Waals surface area (Å²) in [5, 5.41) is 11.0. The molecule has 3 aromatic rings. The highest BCUT2D eigenvalue weighted by Gasteiger charge is 2.12. The van der Waals surface area contributed by atoms with E-state index in [1.165, 1.54) is 0 Å². The molecule has 3 rings (SSSR count). The molecule has 0 aliphatic rings. The van der Waals surface area contributed by atoms with Crippen LogP contribution in [0.25, 0.3) is 11.5 Å². The van der Waals surface area contributed by atoms with Crippen LogP contribution >= 0.6 is 11.8 Å². The lowest BCUT2D eigenvalue weighted by Gasteiger charge is -2.06. The molecule has 0 atom stereocenters. The summed E-state index contributed by atoms with van der Waals surface area (Å²) in [5.41, 5.74) is 1.87. The predicted molar refractivity (Wildman–Crippen MR) is 111 cm³/mol. The molecular weight excluding hydrogens is 390 g/mol. The third-order valence-corrected chi connectivity index (χ3v) is 4.71. The Morgan fingerprint density at radius 3 is 2.55 bits per heavy atom. The number of unbranched alkanes of at least 4 members (excludes halogenated alkanes) is 1. The van der Waals surface area contributed by atoms with Gasteiger partial charge in [0.25, 0.3) is 5.22 Å². The number of esters is 1. The minimum atomic E-state index is -0.363. The lowest BCUT2D eigenvalue weighted by Crippen LogP contribution is -2.14. The summed E-state index contributed by atoms with van der Waals surface area (Å²) in [6.45, 7) is 2.44. The molecule has 1 heterocycles. The highest BCUT2D eigenvalue weighted by Crippen LogP contribution is 2.23. The van der Waals surface area contributed by atoms with E-state index in [9.17, 15) is 9.59 Å². The van der Waals surface area contributed by atoms with E-state index in [0.717, 1.165) is 30.2 Å². The van der Waals surface area contributed by atoms with E-state index in [0.29, 0.717) is 29.0 Å². The van der Waals surface area contributed by atoms with E-state index in [2.05, 4.69) is 15.5 Å². The molecule has 0 aliphatic heterocycles. The molecule has 29 heavy (non-hydrogen) atoms. The number of hydrogen-bond acceptors (Lipinski definition) is 7. The van der Waals surface area contributed by atoms with E-state index in [1.807, 2.05) is 37.3 Å². The van der Waals surface area contributed by atoms with Crippen LogP contribution in [0.5, 0.6) is 0 Å². The van der Waals surface area contributed by atoms with Gasteiger partial charge in [-0.15, -0.1) is 10.2 Å². The number of nitrogens with one attached hydrogen (secondary N) is 1. The second kappa shape index (κ2) is 10.4. The number of benzene rings is 2. The fraction of sp³-hybridized carbons (Fsp3) is 0.238. The second-order valence-electron chi connectivity index (χ2n) is 6.14. The topological polar surface area (TPSA) is 94.3 Å².